The third kappa shape index (κ3) is 3.52. The van der Waals surface area contributed by atoms with Gasteiger partial charge in [-0.15, -0.1) is 0 Å². The lowest BCUT2D eigenvalue weighted by Crippen LogP contribution is -2.15. The minimum Gasteiger partial charge on any atom is -0.388 e. The lowest BCUT2D eigenvalue weighted by Gasteiger charge is -1.98. The topological polar surface area (TPSA) is 63.6 Å². The molecule has 0 fully saturated rings. The highest BCUT2D eigenvalue weighted by molar-refractivity contribution is 5.95. The second kappa shape index (κ2) is 4.62. The SMILES string of the molecule is CC=C(C)C(=O)OC(=O)CO. The number of carbonyl (C=O) groups is 2. The summed E-state index contributed by atoms with van der Waals surface area (Å²) in [7, 11) is 0. The van der Waals surface area contributed by atoms with Crippen molar-refractivity contribution < 1.29 is 19.4 Å². The maximum absolute atomic E-state index is 10.7. The molecule has 0 aromatic carbocycles. The molecule has 0 heterocycles. The zero-order chi connectivity index (χ0) is 8.85. The summed E-state index contributed by atoms with van der Waals surface area (Å²) in [6.45, 7) is 2.40. The van der Waals surface area contributed by atoms with Gasteiger partial charge in [-0.05, 0) is 13.8 Å². The molecule has 0 aliphatic heterocycles. The van der Waals surface area contributed by atoms with Gasteiger partial charge in [-0.2, -0.15) is 0 Å². The Morgan fingerprint density at radius 1 is 1.55 bits per heavy atom. The first-order valence-electron chi connectivity index (χ1n) is 3.10. The Morgan fingerprint density at radius 2 is 2.09 bits per heavy atom. The monoisotopic (exact) mass is 158 g/mol. The number of rotatable bonds is 2. The molecule has 11 heavy (non-hydrogen) atoms. The number of esters is 2. The first kappa shape index (κ1) is 9.84. The molecule has 0 saturated carbocycles. The molecule has 4 nitrogen and oxygen atoms in total. The van der Waals surface area contributed by atoms with Crippen LogP contribution in [0.3, 0.4) is 0 Å². The van der Waals surface area contributed by atoms with Crippen molar-refractivity contribution in [2.24, 2.45) is 0 Å². The summed E-state index contributed by atoms with van der Waals surface area (Å²) >= 11 is 0. The molecule has 1 N–H and O–H groups in total. The third-order valence-electron chi connectivity index (χ3n) is 1.09. The fourth-order valence-corrected chi connectivity index (χ4v) is 0.334. The van der Waals surface area contributed by atoms with Gasteiger partial charge in [0, 0.05) is 5.57 Å². The number of aliphatic hydroxyl groups is 1. The second-order valence-electron chi connectivity index (χ2n) is 1.89. The molecule has 62 valence electrons. The Morgan fingerprint density at radius 3 is 2.45 bits per heavy atom. The minimum absolute atomic E-state index is 0.340. The quantitative estimate of drug-likeness (QED) is 0.349. The molecular formula is C7H10O4. The average Bonchev–Trinajstić information content (AvgIpc) is 2.02. The van der Waals surface area contributed by atoms with Crippen molar-refractivity contribution in [2.45, 2.75) is 13.8 Å². The number of allylic oxidation sites excluding steroid dienone is 1. The van der Waals surface area contributed by atoms with E-state index in [-0.39, 0.29) is 0 Å². The molecule has 0 aliphatic rings. The van der Waals surface area contributed by atoms with Gasteiger partial charge < -0.3 is 9.84 Å². The summed E-state index contributed by atoms with van der Waals surface area (Å²) < 4.78 is 4.16. The van der Waals surface area contributed by atoms with Crippen LogP contribution in [0.4, 0.5) is 0 Å². The van der Waals surface area contributed by atoms with E-state index in [0.717, 1.165) is 0 Å². The van der Waals surface area contributed by atoms with E-state index in [9.17, 15) is 9.59 Å². The summed E-state index contributed by atoms with van der Waals surface area (Å²) in [6.07, 6.45) is 1.52. The molecule has 0 unspecified atom stereocenters. The fraction of sp³-hybridized carbons (Fsp3) is 0.429. The normalized spacial score (nSPS) is 11.0. The lowest BCUT2D eigenvalue weighted by molar-refractivity contribution is -0.158. The van der Waals surface area contributed by atoms with Crippen LogP contribution in [0.25, 0.3) is 0 Å². The van der Waals surface area contributed by atoms with Gasteiger partial charge in [0.05, 0.1) is 0 Å². The Kier molecular flexibility index (Phi) is 4.14. The highest BCUT2D eigenvalue weighted by Crippen LogP contribution is 1.95. The number of ether oxygens (including phenoxy) is 1. The molecule has 4 heteroatoms. The predicted molar refractivity (Wildman–Crippen MR) is 37.6 cm³/mol. The van der Waals surface area contributed by atoms with Gasteiger partial charge in [-0.25, -0.2) is 9.59 Å². The van der Waals surface area contributed by atoms with Gasteiger partial charge in [-0.1, -0.05) is 6.08 Å². The van der Waals surface area contributed by atoms with Gasteiger partial charge in [0.15, 0.2) is 0 Å². The molecule has 0 rings (SSSR count). The van der Waals surface area contributed by atoms with Gasteiger partial charge in [0.2, 0.25) is 0 Å². The Bertz CT molecular complexity index is 193. The summed E-state index contributed by atoms with van der Waals surface area (Å²) in [5.41, 5.74) is 0.340. The van der Waals surface area contributed by atoms with Crippen LogP contribution < -0.4 is 0 Å². The Hall–Kier alpha value is -1.16. The van der Waals surface area contributed by atoms with Crippen LogP contribution in [-0.4, -0.2) is 23.7 Å². The largest absolute Gasteiger partial charge is 0.388 e. The van der Waals surface area contributed by atoms with Crippen molar-refractivity contribution in [3.8, 4) is 0 Å². The van der Waals surface area contributed by atoms with E-state index in [0.29, 0.717) is 5.57 Å². The molecule has 0 radical (unpaired) electrons. The second-order valence-corrected chi connectivity index (χ2v) is 1.89. The Labute approximate surface area is 64.5 Å². The van der Waals surface area contributed by atoms with Crippen LogP contribution in [-0.2, 0) is 14.3 Å². The van der Waals surface area contributed by atoms with Gasteiger partial charge in [0.1, 0.15) is 6.61 Å². The summed E-state index contributed by atoms with van der Waals surface area (Å²) in [6, 6.07) is 0. The number of hydrogen-bond donors (Lipinski definition) is 1. The Balaban J connectivity index is 3.98. The summed E-state index contributed by atoms with van der Waals surface area (Å²) in [5, 5.41) is 8.19. The number of carbonyl (C=O) groups excluding carboxylic acids is 2. The van der Waals surface area contributed by atoms with Crippen molar-refractivity contribution in [3.63, 3.8) is 0 Å². The van der Waals surface area contributed by atoms with E-state index in [4.69, 9.17) is 5.11 Å². The molecule has 0 amide bonds. The van der Waals surface area contributed by atoms with Crippen molar-refractivity contribution in [2.75, 3.05) is 6.61 Å². The molecule has 0 aromatic rings. The van der Waals surface area contributed by atoms with Crippen molar-refractivity contribution >= 4 is 11.9 Å². The first-order chi connectivity index (χ1) is 5.11. The molecule has 0 saturated heterocycles. The summed E-state index contributed by atoms with van der Waals surface area (Å²) in [4.78, 5) is 21.0. The highest BCUT2D eigenvalue weighted by atomic mass is 16.6. The van der Waals surface area contributed by atoms with Gasteiger partial charge in [0.25, 0.3) is 0 Å². The zero-order valence-corrected chi connectivity index (χ0v) is 6.46. The van der Waals surface area contributed by atoms with Crippen LogP contribution >= 0.6 is 0 Å². The van der Waals surface area contributed by atoms with Crippen molar-refractivity contribution in [3.05, 3.63) is 11.6 Å². The first-order valence-corrected chi connectivity index (χ1v) is 3.10. The van der Waals surface area contributed by atoms with E-state index >= 15 is 0 Å². The molecule has 0 aromatic heterocycles. The third-order valence-corrected chi connectivity index (χ3v) is 1.09. The van der Waals surface area contributed by atoms with Crippen LogP contribution in [0.15, 0.2) is 11.6 Å². The standard InChI is InChI=1S/C7H10O4/c1-3-5(2)7(10)11-6(9)4-8/h3,8H,4H2,1-2H3. The van der Waals surface area contributed by atoms with Gasteiger partial charge >= 0.3 is 11.9 Å². The minimum atomic E-state index is -0.934. The maximum atomic E-state index is 10.7. The van der Waals surface area contributed by atoms with E-state index in [2.05, 4.69) is 4.74 Å². The summed E-state index contributed by atoms with van der Waals surface area (Å²) in [5.74, 6) is -1.65. The zero-order valence-electron chi connectivity index (χ0n) is 6.46. The molecule has 0 aliphatic carbocycles. The van der Waals surface area contributed by atoms with Crippen LogP contribution in [0.2, 0.25) is 0 Å². The van der Waals surface area contributed by atoms with Crippen LogP contribution in [0.5, 0.6) is 0 Å². The molecule has 0 spiro atoms. The number of aliphatic hydroxyl groups excluding tert-OH is 1. The molecular weight excluding hydrogens is 148 g/mol. The fourth-order valence-electron chi connectivity index (χ4n) is 0.334. The van der Waals surface area contributed by atoms with E-state index < -0.39 is 18.5 Å². The van der Waals surface area contributed by atoms with Crippen molar-refractivity contribution in [1.29, 1.82) is 0 Å². The van der Waals surface area contributed by atoms with Gasteiger partial charge in [-0.3, -0.25) is 0 Å². The average molecular weight is 158 g/mol. The predicted octanol–water partition coefficient (Wildman–Crippen LogP) is 0.0147. The number of hydrogen-bond acceptors (Lipinski definition) is 4. The smallest absolute Gasteiger partial charge is 0.341 e. The van der Waals surface area contributed by atoms with Crippen LogP contribution in [0, 0.1) is 0 Å². The maximum Gasteiger partial charge on any atom is 0.341 e. The van der Waals surface area contributed by atoms with E-state index in [1.54, 1.807) is 6.92 Å². The lowest BCUT2D eigenvalue weighted by atomic mass is 10.3. The molecule has 0 atom stereocenters. The highest BCUT2D eigenvalue weighted by Gasteiger charge is 2.09. The van der Waals surface area contributed by atoms with Crippen molar-refractivity contribution in [1.82, 2.24) is 0 Å². The van der Waals surface area contributed by atoms with E-state index in [1.165, 1.54) is 13.0 Å². The molecule has 0 bridgehead atoms. The van der Waals surface area contributed by atoms with Crippen LogP contribution in [0.1, 0.15) is 13.8 Å². The van der Waals surface area contributed by atoms with E-state index in [1.807, 2.05) is 0 Å².